The van der Waals surface area contributed by atoms with Gasteiger partial charge in [0, 0.05) is 18.7 Å². The molecule has 1 saturated heterocycles. The molecule has 1 unspecified atom stereocenters. The maximum atomic E-state index is 8.84. The van der Waals surface area contributed by atoms with Crippen molar-refractivity contribution in [3.05, 3.63) is 12.2 Å². The lowest BCUT2D eigenvalue weighted by molar-refractivity contribution is 0.216. The highest BCUT2D eigenvalue weighted by Crippen LogP contribution is 2.26. The first-order valence-electron chi connectivity index (χ1n) is 5.21. The first-order chi connectivity index (χ1) is 6.16. The van der Waals surface area contributed by atoms with E-state index in [9.17, 15) is 0 Å². The third-order valence-corrected chi connectivity index (χ3v) is 2.86. The molecule has 1 fully saturated rings. The summed E-state index contributed by atoms with van der Waals surface area (Å²) >= 11 is 0. The molecule has 0 aromatic carbocycles. The molecule has 0 aromatic heterocycles. The molecule has 1 N–H and O–H groups in total. The fraction of sp³-hybridized carbons (Fsp3) is 0.818. The number of nitrogens with zero attached hydrogens (tertiary/aromatic N) is 1. The summed E-state index contributed by atoms with van der Waals surface area (Å²) in [5, 5.41) is 8.84. The van der Waals surface area contributed by atoms with Crippen molar-refractivity contribution in [1.82, 2.24) is 4.90 Å². The highest BCUT2D eigenvalue weighted by Gasteiger charge is 2.27. The van der Waals surface area contributed by atoms with Crippen molar-refractivity contribution in [3.63, 3.8) is 0 Å². The van der Waals surface area contributed by atoms with Crippen LogP contribution in [0.25, 0.3) is 0 Å². The van der Waals surface area contributed by atoms with Gasteiger partial charge in [-0.25, -0.2) is 0 Å². The van der Waals surface area contributed by atoms with Crippen LogP contribution in [0.4, 0.5) is 0 Å². The highest BCUT2D eigenvalue weighted by molar-refractivity contribution is 5.09. The second-order valence-corrected chi connectivity index (χ2v) is 4.12. The van der Waals surface area contributed by atoms with Crippen molar-refractivity contribution < 1.29 is 5.11 Å². The van der Waals surface area contributed by atoms with Gasteiger partial charge in [-0.15, -0.1) is 0 Å². The molecular weight excluding hydrogens is 162 g/mol. The van der Waals surface area contributed by atoms with Crippen LogP contribution in [0.1, 0.15) is 33.1 Å². The van der Waals surface area contributed by atoms with Crippen LogP contribution in [-0.2, 0) is 0 Å². The van der Waals surface area contributed by atoms with Crippen molar-refractivity contribution in [3.8, 4) is 0 Å². The molecule has 0 radical (unpaired) electrons. The zero-order chi connectivity index (χ0) is 9.84. The zero-order valence-corrected chi connectivity index (χ0v) is 8.79. The molecule has 1 atom stereocenters. The minimum Gasteiger partial charge on any atom is -0.396 e. The van der Waals surface area contributed by atoms with Crippen LogP contribution in [0.2, 0.25) is 0 Å². The lowest BCUT2D eigenvalue weighted by Crippen LogP contribution is -2.36. The topological polar surface area (TPSA) is 23.5 Å². The highest BCUT2D eigenvalue weighted by atomic mass is 16.2. The van der Waals surface area contributed by atoms with Crippen LogP contribution in [0.5, 0.6) is 0 Å². The van der Waals surface area contributed by atoms with Crippen molar-refractivity contribution in [2.45, 2.75) is 45.2 Å². The Morgan fingerprint density at radius 1 is 1.62 bits per heavy atom. The summed E-state index contributed by atoms with van der Waals surface area (Å²) in [6, 6.07) is 1.12. The molecular formula is C11H21NO. The molecule has 0 amide bonds. The van der Waals surface area contributed by atoms with Gasteiger partial charge in [-0.3, -0.25) is 4.90 Å². The van der Waals surface area contributed by atoms with E-state index in [1.165, 1.54) is 25.0 Å². The first kappa shape index (κ1) is 10.7. The van der Waals surface area contributed by atoms with Crippen molar-refractivity contribution in [2.75, 3.05) is 13.2 Å². The van der Waals surface area contributed by atoms with E-state index in [1.807, 2.05) is 0 Å². The second-order valence-electron chi connectivity index (χ2n) is 4.12. The molecule has 0 aliphatic carbocycles. The monoisotopic (exact) mass is 183 g/mol. The van der Waals surface area contributed by atoms with E-state index in [1.54, 1.807) is 0 Å². The van der Waals surface area contributed by atoms with Crippen LogP contribution in [-0.4, -0.2) is 35.2 Å². The number of likely N-dealkylation sites (tertiary alicyclic amines) is 1. The Morgan fingerprint density at radius 3 is 2.85 bits per heavy atom. The van der Waals surface area contributed by atoms with E-state index in [4.69, 9.17) is 5.11 Å². The Morgan fingerprint density at radius 2 is 2.31 bits per heavy atom. The standard InChI is InChI=1S/C11H21NO/c1-9(2)12-7-4-5-11(12)10(3)6-8-13/h9,11,13H,3-8H2,1-2H3. The third kappa shape index (κ3) is 2.55. The van der Waals surface area contributed by atoms with Gasteiger partial charge in [0.25, 0.3) is 0 Å². The van der Waals surface area contributed by atoms with Gasteiger partial charge < -0.3 is 5.11 Å². The minimum absolute atomic E-state index is 0.237. The predicted molar refractivity (Wildman–Crippen MR) is 55.7 cm³/mol. The Balaban J connectivity index is 2.52. The van der Waals surface area contributed by atoms with Gasteiger partial charge in [0.05, 0.1) is 0 Å². The molecule has 1 aliphatic heterocycles. The van der Waals surface area contributed by atoms with Crippen LogP contribution in [0.15, 0.2) is 12.2 Å². The summed E-state index contributed by atoms with van der Waals surface area (Å²) in [4.78, 5) is 2.48. The summed E-state index contributed by atoms with van der Waals surface area (Å²) in [5.74, 6) is 0. The number of hydrogen-bond donors (Lipinski definition) is 1. The van der Waals surface area contributed by atoms with E-state index in [-0.39, 0.29) is 6.61 Å². The normalized spacial score (nSPS) is 24.2. The molecule has 0 bridgehead atoms. The van der Waals surface area contributed by atoms with Crippen molar-refractivity contribution in [1.29, 1.82) is 0 Å². The van der Waals surface area contributed by atoms with Gasteiger partial charge >= 0.3 is 0 Å². The maximum Gasteiger partial charge on any atom is 0.0468 e. The molecule has 0 aromatic rings. The third-order valence-electron chi connectivity index (χ3n) is 2.86. The minimum atomic E-state index is 0.237. The SMILES string of the molecule is C=C(CCO)C1CCCN1C(C)C. The molecule has 2 nitrogen and oxygen atoms in total. The number of aliphatic hydroxyl groups is 1. The summed E-state index contributed by atoms with van der Waals surface area (Å²) in [6.07, 6.45) is 3.25. The zero-order valence-electron chi connectivity index (χ0n) is 8.79. The Kier molecular flexibility index (Phi) is 3.94. The molecule has 1 aliphatic rings. The van der Waals surface area contributed by atoms with Crippen LogP contribution >= 0.6 is 0 Å². The fourth-order valence-electron chi connectivity index (χ4n) is 2.16. The van der Waals surface area contributed by atoms with E-state index < -0.39 is 0 Å². The fourth-order valence-corrected chi connectivity index (χ4v) is 2.16. The largest absolute Gasteiger partial charge is 0.396 e. The molecule has 0 spiro atoms. The molecule has 0 saturated carbocycles. The summed E-state index contributed by atoms with van der Waals surface area (Å²) in [6.45, 7) is 9.94. The molecule has 2 heteroatoms. The molecule has 76 valence electrons. The van der Waals surface area contributed by atoms with E-state index in [0.717, 1.165) is 6.42 Å². The maximum absolute atomic E-state index is 8.84. The van der Waals surface area contributed by atoms with Crippen LogP contribution in [0.3, 0.4) is 0 Å². The van der Waals surface area contributed by atoms with Crippen LogP contribution < -0.4 is 0 Å². The Hall–Kier alpha value is -0.340. The predicted octanol–water partition coefficient (Wildman–Crippen LogP) is 1.80. The van der Waals surface area contributed by atoms with Gasteiger partial charge in [-0.05, 0) is 39.7 Å². The van der Waals surface area contributed by atoms with E-state index in [2.05, 4.69) is 25.3 Å². The number of aliphatic hydroxyl groups excluding tert-OH is 1. The van der Waals surface area contributed by atoms with Gasteiger partial charge in [0.15, 0.2) is 0 Å². The number of rotatable bonds is 4. The summed E-state index contributed by atoms with van der Waals surface area (Å²) < 4.78 is 0. The average molecular weight is 183 g/mol. The molecule has 13 heavy (non-hydrogen) atoms. The van der Waals surface area contributed by atoms with Gasteiger partial charge in [0.2, 0.25) is 0 Å². The van der Waals surface area contributed by atoms with E-state index in [0.29, 0.717) is 12.1 Å². The smallest absolute Gasteiger partial charge is 0.0468 e. The first-order valence-corrected chi connectivity index (χ1v) is 5.21. The molecule has 1 heterocycles. The van der Waals surface area contributed by atoms with Crippen molar-refractivity contribution >= 4 is 0 Å². The van der Waals surface area contributed by atoms with Gasteiger partial charge in [-0.1, -0.05) is 12.2 Å². The van der Waals surface area contributed by atoms with Gasteiger partial charge in [0.1, 0.15) is 0 Å². The van der Waals surface area contributed by atoms with Crippen molar-refractivity contribution in [2.24, 2.45) is 0 Å². The second kappa shape index (κ2) is 4.77. The Bertz CT molecular complexity index is 177. The quantitative estimate of drug-likeness (QED) is 0.672. The average Bonchev–Trinajstić information content (AvgIpc) is 2.52. The molecule has 1 rings (SSSR count). The lowest BCUT2D eigenvalue weighted by atomic mass is 10.0. The van der Waals surface area contributed by atoms with Crippen LogP contribution in [0, 0.1) is 0 Å². The lowest BCUT2D eigenvalue weighted by Gasteiger charge is -2.29. The number of hydrogen-bond acceptors (Lipinski definition) is 2. The Labute approximate surface area is 81.2 Å². The van der Waals surface area contributed by atoms with E-state index >= 15 is 0 Å². The van der Waals surface area contributed by atoms with Gasteiger partial charge in [-0.2, -0.15) is 0 Å². The summed E-state index contributed by atoms with van der Waals surface area (Å²) in [7, 11) is 0. The summed E-state index contributed by atoms with van der Waals surface area (Å²) in [5.41, 5.74) is 1.20.